The van der Waals surface area contributed by atoms with Gasteiger partial charge in [-0.15, -0.1) is 0 Å². The average molecular weight is 207 g/mol. The van der Waals surface area contributed by atoms with Gasteiger partial charge in [-0.05, 0) is 12.3 Å². The monoisotopic (exact) mass is 207 g/mol. The van der Waals surface area contributed by atoms with Crippen LogP contribution in [0, 0.1) is 5.92 Å². The van der Waals surface area contributed by atoms with E-state index in [1.807, 2.05) is 20.8 Å². The van der Waals surface area contributed by atoms with E-state index in [1.165, 1.54) is 0 Å². The van der Waals surface area contributed by atoms with Crippen molar-refractivity contribution in [1.29, 1.82) is 0 Å². The minimum Gasteiger partial charge on any atom is -0.329 e. The number of hydrogen-bond acceptors (Lipinski definition) is 3. The lowest BCUT2D eigenvalue weighted by atomic mass is 10.2. The van der Waals surface area contributed by atoms with Gasteiger partial charge < -0.3 is 5.73 Å². The predicted octanol–water partition coefficient (Wildman–Crippen LogP) is 1.18. The maximum atomic E-state index is 11.7. The van der Waals surface area contributed by atoms with Gasteiger partial charge in [0.2, 0.25) is 0 Å². The average Bonchev–Trinajstić information content (AvgIpc) is 2.05. The fourth-order valence-corrected chi connectivity index (χ4v) is 3.32. The van der Waals surface area contributed by atoms with E-state index in [2.05, 4.69) is 0 Å². The zero-order valence-electron chi connectivity index (χ0n) is 8.79. The first-order chi connectivity index (χ1) is 5.97. The Kier molecular flexibility index (Phi) is 5.56. The number of sulfone groups is 1. The topological polar surface area (TPSA) is 60.2 Å². The van der Waals surface area contributed by atoms with Gasteiger partial charge in [-0.25, -0.2) is 8.42 Å². The van der Waals surface area contributed by atoms with E-state index in [4.69, 9.17) is 5.73 Å². The Morgan fingerprint density at radius 3 is 2.08 bits per heavy atom. The van der Waals surface area contributed by atoms with Gasteiger partial charge in [0.15, 0.2) is 9.84 Å². The first-order valence-electron chi connectivity index (χ1n) is 4.89. The first kappa shape index (κ1) is 12.9. The van der Waals surface area contributed by atoms with Crippen molar-refractivity contribution in [1.82, 2.24) is 0 Å². The van der Waals surface area contributed by atoms with Crippen LogP contribution in [0.4, 0.5) is 0 Å². The molecule has 0 saturated heterocycles. The Hall–Kier alpha value is -0.0900. The zero-order chi connectivity index (χ0) is 10.5. The summed E-state index contributed by atoms with van der Waals surface area (Å²) in [7, 11) is -2.96. The van der Waals surface area contributed by atoms with Crippen LogP contribution < -0.4 is 5.73 Å². The highest BCUT2D eigenvalue weighted by Gasteiger charge is 2.23. The SMILES string of the molecule is CCC(C)CS(=O)(=O)C(CC)CN. The summed E-state index contributed by atoms with van der Waals surface area (Å²) >= 11 is 0. The van der Waals surface area contributed by atoms with Crippen LogP contribution in [0.25, 0.3) is 0 Å². The summed E-state index contributed by atoms with van der Waals surface area (Å²) in [6.45, 7) is 6.07. The molecule has 0 aliphatic carbocycles. The van der Waals surface area contributed by atoms with Gasteiger partial charge in [-0.1, -0.05) is 27.2 Å². The van der Waals surface area contributed by atoms with Crippen LogP contribution in [0.1, 0.15) is 33.6 Å². The second-order valence-electron chi connectivity index (χ2n) is 3.61. The van der Waals surface area contributed by atoms with Crippen molar-refractivity contribution < 1.29 is 8.42 Å². The van der Waals surface area contributed by atoms with E-state index in [9.17, 15) is 8.42 Å². The molecule has 0 aliphatic rings. The maximum absolute atomic E-state index is 11.7. The predicted molar refractivity (Wildman–Crippen MR) is 56.4 cm³/mol. The van der Waals surface area contributed by atoms with Crippen molar-refractivity contribution in [2.45, 2.75) is 38.9 Å². The fourth-order valence-electron chi connectivity index (χ4n) is 1.22. The second kappa shape index (κ2) is 5.60. The van der Waals surface area contributed by atoms with Crippen LogP contribution in [-0.4, -0.2) is 26.0 Å². The molecule has 80 valence electrons. The Balaban J connectivity index is 4.38. The van der Waals surface area contributed by atoms with E-state index in [1.54, 1.807) is 0 Å². The van der Waals surface area contributed by atoms with Gasteiger partial charge in [-0.2, -0.15) is 0 Å². The largest absolute Gasteiger partial charge is 0.329 e. The van der Waals surface area contributed by atoms with Gasteiger partial charge >= 0.3 is 0 Å². The third kappa shape index (κ3) is 4.09. The van der Waals surface area contributed by atoms with Gasteiger partial charge in [0.05, 0.1) is 11.0 Å². The molecule has 0 amide bonds. The van der Waals surface area contributed by atoms with Gasteiger partial charge in [-0.3, -0.25) is 0 Å². The molecule has 2 atom stereocenters. The lowest BCUT2D eigenvalue weighted by molar-refractivity contribution is 0.548. The Morgan fingerprint density at radius 2 is 1.77 bits per heavy atom. The number of rotatable bonds is 6. The minimum atomic E-state index is -2.96. The van der Waals surface area contributed by atoms with Gasteiger partial charge in [0.1, 0.15) is 0 Å². The normalized spacial score (nSPS) is 16.9. The van der Waals surface area contributed by atoms with Crippen molar-refractivity contribution in [2.75, 3.05) is 12.3 Å². The molecule has 0 radical (unpaired) electrons. The summed E-state index contributed by atoms with van der Waals surface area (Å²) in [5.41, 5.74) is 5.41. The highest BCUT2D eigenvalue weighted by Crippen LogP contribution is 2.12. The van der Waals surface area contributed by atoms with Crippen molar-refractivity contribution >= 4 is 9.84 Å². The number of nitrogens with two attached hydrogens (primary N) is 1. The zero-order valence-corrected chi connectivity index (χ0v) is 9.60. The highest BCUT2D eigenvalue weighted by molar-refractivity contribution is 7.92. The minimum absolute atomic E-state index is 0.241. The third-order valence-electron chi connectivity index (χ3n) is 2.44. The molecular weight excluding hydrogens is 186 g/mol. The molecule has 0 rings (SSSR count). The molecule has 0 aromatic heterocycles. The molecule has 0 fully saturated rings. The first-order valence-corrected chi connectivity index (χ1v) is 6.61. The molecule has 0 heterocycles. The van der Waals surface area contributed by atoms with Crippen LogP contribution in [-0.2, 0) is 9.84 Å². The van der Waals surface area contributed by atoms with E-state index < -0.39 is 9.84 Å². The second-order valence-corrected chi connectivity index (χ2v) is 5.93. The van der Waals surface area contributed by atoms with E-state index in [0.717, 1.165) is 6.42 Å². The molecule has 2 unspecified atom stereocenters. The molecule has 4 heteroatoms. The Bertz CT molecular complexity index is 220. The van der Waals surface area contributed by atoms with E-state index in [0.29, 0.717) is 6.42 Å². The summed E-state index contributed by atoms with van der Waals surface area (Å²) in [6.07, 6.45) is 1.52. The van der Waals surface area contributed by atoms with E-state index >= 15 is 0 Å². The summed E-state index contributed by atoms with van der Waals surface area (Å²) in [6, 6.07) is 0. The molecule has 0 aromatic carbocycles. The van der Waals surface area contributed by atoms with Crippen LogP contribution in [0.2, 0.25) is 0 Å². The van der Waals surface area contributed by atoms with Crippen molar-refractivity contribution in [2.24, 2.45) is 11.7 Å². The lowest BCUT2D eigenvalue weighted by Gasteiger charge is -2.16. The molecule has 0 saturated carbocycles. The summed E-state index contributed by atoms with van der Waals surface area (Å²) in [5.74, 6) is 0.518. The molecule has 13 heavy (non-hydrogen) atoms. The summed E-state index contributed by atoms with van der Waals surface area (Å²) in [4.78, 5) is 0. The lowest BCUT2D eigenvalue weighted by Crippen LogP contribution is -2.32. The molecular formula is C9H21NO2S. The molecule has 0 bridgehead atoms. The summed E-state index contributed by atoms with van der Waals surface area (Å²) < 4.78 is 23.4. The maximum Gasteiger partial charge on any atom is 0.154 e. The van der Waals surface area contributed by atoms with Crippen LogP contribution in [0.3, 0.4) is 0 Å². The van der Waals surface area contributed by atoms with Crippen LogP contribution in [0.5, 0.6) is 0 Å². The Morgan fingerprint density at radius 1 is 1.23 bits per heavy atom. The number of hydrogen-bond donors (Lipinski definition) is 1. The van der Waals surface area contributed by atoms with Crippen LogP contribution in [0.15, 0.2) is 0 Å². The third-order valence-corrected chi connectivity index (χ3v) is 5.02. The highest BCUT2D eigenvalue weighted by atomic mass is 32.2. The van der Waals surface area contributed by atoms with Crippen LogP contribution >= 0.6 is 0 Å². The van der Waals surface area contributed by atoms with Gasteiger partial charge in [0, 0.05) is 6.54 Å². The van der Waals surface area contributed by atoms with Gasteiger partial charge in [0.25, 0.3) is 0 Å². The Labute approximate surface area is 81.6 Å². The van der Waals surface area contributed by atoms with Crippen molar-refractivity contribution in [3.8, 4) is 0 Å². The van der Waals surface area contributed by atoms with Crippen molar-refractivity contribution in [3.63, 3.8) is 0 Å². The molecule has 3 nitrogen and oxygen atoms in total. The smallest absolute Gasteiger partial charge is 0.154 e. The molecule has 0 spiro atoms. The quantitative estimate of drug-likeness (QED) is 0.711. The van der Waals surface area contributed by atoms with E-state index in [-0.39, 0.29) is 23.5 Å². The molecule has 0 aromatic rings. The fraction of sp³-hybridized carbons (Fsp3) is 1.00. The molecule has 0 aliphatic heterocycles. The standard InChI is InChI=1S/C9H21NO2S/c1-4-8(3)7-13(11,12)9(5-2)6-10/h8-9H,4-7,10H2,1-3H3. The summed E-state index contributed by atoms with van der Waals surface area (Å²) in [5, 5.41) is -0.346. The van der Waals surface area contributed by atoms with Crippen molar-refractivity contribution in [3.05, 3.63) is 0 Å². The molecule has 2 N–H and O–H groups in total.